The second-order valence-electron chi connectivity index (χ2n) is 4.21. The molecule has 100 valence electrons. The Morgan fingerprint density at radius 3 is 2.79 bits per heavy atom. The number of rotatable bonds is 3. The summed E-state index contributed by atoms with van der Waals surface area (Å²) in [5, 5.41) is 0.0528. The standard InChI is InChI=1S/C13H12ClFN2O2/c1-8-11(14)16-13(19)17(12(8)18)6-5-9-3-2-4-10(15)7-9/h2-4,7H,5-6H2,1H3,(H,16,19). The number of hydrogen-bond donors (Lipinski definition) is 1. The van der Waals surface area contributed by atoms with Crippen molar-refractivity contribution >= 4 is 11.6 Å². The van der Waals surface area contributed by atoms with E-state index in [1.54, 1.807) is 19.1 Å². The first-order chi connectivity index (χ1) is 8.99. The van der Waals surface area contributed by atoms with Crippen LogP contribution in [0.15, 0.2) is 33.9 Å². The van der Waals surface area contributed by atoms with E-state index in [1.165, 1.54) is 12.1 Å². The predicted octanol–water partition coefficient (Wildman–Crippen LogP) is 1.88. The van der Waals surface area contributed by atoms with Gasteiger partial charge in [-0.05, 0) is 31.0 Å². The molecular weight excluding hydrogens is 271 g/mol. The Kier molecular flexibility index (Phi) is 3.85. The fourth-order valence-corrected chi connectivity index (χ4v) is 1.94. The number of benzene rings is 1. The van der Waals surface area contributed by atoms with E-state index < -0.39 is 11.2 Å². The van der Waals surface area contributed by atoms with Crippen LogP contribution >= 0.6 is 11.6 Å². The van der Waals surface area contributed by atoms with Crippen LogP contribution in [0.5, 0.6) is 0 Å². The predicted molar refractivity (Wildman–Crippen MR) is 71.2 cm³/mol. The topological polar surface area (TPSA) is 54.9 Å². The second kappa shape index (κ2) is 5.40. The van der Waals surface area contributed by atoms with Crippen molar-refractivity contribution in [3.8, 4) is 0 Å². The molecule has 0 fully saturated rings. The first-order valence-corrected chi connectivity index (χ1v) is 6.10. The molecule has 0 aliphatic rings. The Morgan fingerprint density at radius 1 is 1.37 bits per heavy atom. The molecule has 19 heavy (non-hydrogen) atoms. The number of aromatic nitrogens is 2. The fourth-order valence-electron chi connectivity index (χ4n) is 1.78. The highest BCUT2D eigenvalue weighted by atomic mass is 35.5. The summed E-state index contributed by atoms with van der Waals surface area (Å²) in [7, 11) is 0. The second-order valence-corrected chi connectivity index (χ2v) is 4.58. The molecule has 2 aromatic rings. The molecule has 4 nitrogen and oxygen atoms in total. The lowest BCUT2D eigenvalue weighted by Crippen LogP contribution is -2.37. The van der Waals surface area contributed by atoms with E-state index in [2.05, 4.69) is 4.98 Å². The molecule has 1 aromatic heterocycles. The number of H-pyrrole nitrogens is 1. The molecule has 2 rings (SSSR count). The number of hydrogen-bond acceptors (Lipinski definition) is 2. The van der Waals surface area contributed by atoms with Crippen LogP contribution in [0.25, 0.3) is 0 Å². The molecule has 0 amide bonds. The molecule has 0 unspecified atom stereocenters. The highest BCUT2D eigenvalue weighted by Gasteiger charge is 2.08. The Labute approximate surface area is 113 Å². The zero-order valence-electron chi connectivity index (χ0n) is 10.2. The molecule has 1 aromatic carbocycles. The van der Waals surface area contributed by atoms with Crippen LogP contribution in [-0.4, -0.2) is 9.55 Å². The molecule has 0 radical (unpaired) electrons. The Hall–Kier alpha value is -1.88. The summed E-state index contributed by atoms with van der Waals surface area (Å²) in [6, 6.07) is 6.05. The van der Waals surface area contributed by atoms with Gasteiger partial charge in [-0.3, -0.25) is 14.3 Å². The van der Waals surface area contributed by atoms with Crippen LogP contribution < -0.4 is 11.2 Å². The summed E-state index contributed by atoms with van der Waals surface area (Å²) in [5.74, 6) is -0.342. The minimum Gasteiger partial charge on any atom is -0.297 e. The van der Waals surface area contributed by atoms with Gasteiger partial charge in [-0.15, -0.1) is 0 Å². The molecular formula is C13H12ClFN2O2. The highest BCUT2D eigenvalue weighted by Crippen LogP contribution is 2.06. The largest absolute Gasteiger partial charge is 0.329 e. The van der Waals surface area contributed by atoms with Crippen molar-refractivity contribution in [3.63, 3.8) is 0 Å². The van der Waals surface area contributed by atoms with Crippen molar-refractivity contribution in [1.29, 1.82) is 0 Å². The number of aromatic amines is 1. The monoisotopic (exact) mass is 282 g/mol. The first-order valence-electron chi connectivity index (χ1n) is 5.72. The highest BCUT2D eigenvalue weighted by molar-refractivity contribution is 6.30. The molecule has 1 N–H and O–H groups in total. The minimum atomic E-state index is -0.558. The van der Waals surface area contributed by atoms with E-state index in [4.69, 9.17) is 11.6 Å². The average molecular weight is 283 g/mol. The third-order valence-electron chi connectivity index (χ3n) is 2.87. The van der Waals surface area contributed by atoms with E-state index in [-0.39, 0.29) is 17.5 Å². The average Bonchev–Trinajstić information content (AvgIpc) is 2.36. The van der Waals surface area contributed by atoms with E-state index in [0.29, 0.717) is 12.0 Å². The summed E-state index contributed by atoms with van der Waals surface area (Å²) in [4.78, 5) is 25.9. The Balaban J connectivity index is 2.28. The van der Waals surface area contributed by atoms with Gasteiger partial charge < -0.3 is 0 Å². The molecule has 0 saturated heterocycles. The van der Waals surface area contributed by atoms with Crippen molar-refractivity contribution in [2.24, 2.45) is 0 Å². The van der Waals surface area contributed by atoms with Gasteiger partial charge in [0, 0.05) is 12.1 Å². The quantitative estimate of drug-likeness (QED) is 0.874. The van der Waals surface area contributed by atoms with Crippen LogP contribution in [0.2, 0.25) is 5.15 Å². The molecule has 0 spiro atoms. The van der Waals surface area contributed by atoms with Gasteiger partial charge in [0.05, 0.1) is 0 Å². The first kappa shape index (κ1) is 13.5. The maximum absolute atomic E-state index is 13.0. The summed E-state index contributed by atoms with van der Waals surface area (Å²) in [6.45, 7) is 1.72. The van der Waals surface area contributed by atoms with Gasteiger partial charge in [-0.25, -0.2) is 9.18 Å². The number of aryl methyl sites for hydroxylation is 1. The zero-order valence-corrected chi connectivity index (χ0v) is 11.0. The van der Waals surface area contributed by atoms with Crippen LogP contribution in [-0.2, 0) is 13.0 Å². The molecule has 0 aliphatic carbocycles. The van der Waals surface area contributed by atoms with E-state index >= 15 is 0 Å². The maximum Gasteiger partial charge on any atom is 0.329 e. The van der Waals surface area contributed by atoms with E-state index in [1.807, 2.05) is 0 Å². The van der Waals surface area contributed by atoms with Gasteiger partial charge in [-0.1, -0.05) is 23.7 Å². The third kappa shape index (κ3) is 2.93. The molecule has 0 saturated carbocycles. The minimum absolute atomic E-state index is 0.0528. The van der Waals surface area contributed by atoms with Gasteiger partial charge in [0.1, 0.15) is 11.0 Å². The molecule has 0 bridgehead atoms. The van der Waals surface area contributed by atoms with Crippen LogP contribution in [0.1, 0.15) is 11.1 Å². The van der Waals surface area contributed by atoms with Crippen LogP contribution in [0.3, 0.4) is 0 Å². The van der Waals surface area contributed by atoms with Crippen LogP contribution in [0, 0.1) is 12.7 Å². The summed E-state index contributed by atoms with van der Waals surface area (Å²) < 4.78 is 14.1. The summed E-state index contributed by atoms with van der Waals surface area (Å²) in [5.41, 5.74) is 0.0292. The zero-order chi connectivity index (χ0) is 14.0. The van der Waals surface area contributed by atoms with Crippen molar-refractivity contribution in [1.82, 2.24) is 9.55 Å². The Morgan fingerprint density at radius 2 is 2.11 bits per heavy atom. The van der Waals surface area contributed by atoms with Crippen molar-refractivity contribution in [2.75, 3.05) is 0 Å². The van der Waals surface area contributed by atoms with Gasteiger partial charge in [0.2, 0.25) is 0 Å². The maximum atomic E-state index is 13.0. The number of nitrogens with zero attached hydrogens (tertiary/aromatic N) is 1. The summed E-state index contributed by atoms with van der Waals surface area (Å²) in [6.07, 6.45) is 0.391. The molecule has 0 atom stereocenters. The normalized spacial score (nSPS) is 10.7. The lowest BCUT2D eigenvalue weighted by molar-refractivity contribution is 0.608. The SMILES string of the molecule is Cc1c(Cl)[nH]c(=O)n(CCc2cccc(F)c2)c1=O. The fraction of sp³-hybridized carbons (Fsp3) is 0.231. The van der Waals surface area contributed by atoms with Gasteiger partial charge in [0.15, 0.2) is 0 Å². The molecule has 0 aliphatic heterocycles. The summed E-state index contributed by atoms with van der Waals surface area (Å²) >= 11 is 5.71. The number of halogens is 2. The van der Waals surface area contributed by atoms with Gasteiger partial charge in [-0.2, -0.15) is 0 Å². The van der Waals surface area contributed by atoms with Gasteiger partial charge >= 0.3 is 5.69 Å². The van der Waals surface area contributed by atoms with Crippen molar-refractivity contribution in [2.45, 2.75) is 19.9 Å². The Bertz CT molecular complexity index is 721. The van der Waals surface area contributed by atoms with Crippen LogP contribution in [0.4, 0.5) is 4.39 Å². The third-order valence-corrected chi connectivity index (χ3v) is 3.25. The molecule has 6 heteroatoms. The van der Waals surface area contributed by atoms with E-state index in [9.17, 15) is 14.0 Å². The lowest BCUT2D eigenvalue weighted by atomic mass is 10.1. The van der Waals surface area contributed by atoms with E-state index in [0.717, 1.165) is 10.1 Å². The van der Waals surface area contributed by atoms with Crippen molar-refractivity contribution in [3.05, 3.63) is 67.2 Å². The number of nitrogens with one attached hydrogen (secondary N) is 1. The smallest absolute Gasteiger partial charge is 0.297 e. The van der Waals surface area contributed by atoms with Crippen molar-refractivity contribution < 1.29 is 4.39 Å². The lowest BCUT2D eigenvalue weighted by Gasteiger charge is -2.06. The molecule has 1 heterocycles. The van der Waals surface area contributed by atoms with Gasteiger partial charge in [0.25, 0.3) is 5.56 Å².